The molecular weight excluding hydrogens is 324 g/mol. The van der Waals surface area contributed by atoms with Crippen molar-refractivity contribution in [1.29, 1.82) is 0 Å². The molecular formula is C22H26N2O2. The molecule has 3 rings (SSSR count). The standard InChI is InChI=1S/C22H26N2O2/c1-23-12-9-21(16-22(23)26)20-10-13-24(14-11-20)17-19-7-5-18(6-8-19)4-2-3-15-25/h5-9,12,16,20,25H,3,10-11,13-15,17H2,1H3. The van der Waals surface area contributed by atoms with Crippen LogP contribution < -0.4 is 5.56 Å². The predicted octanol–water partition coefficient (Wildman–Crippen LogP) is 2.50. The van der Waals surface area contributed by atoms with Crippen LogP contribution in [0, 0.1) is 11.8 Å². The molecule has 4 nitrogen and oxygen atoms in total. The SMILES string of the molecule is Cn1ccc(C2CCN(Cc3ccc(C#CCCO)cc3)CC2)cc1=O. The number of hydrogen-bond acceptors (Lipinski definition) is 3. The largest absolute Gasteiger partial charge is 0.395 e. The third kappa shape index (κ3) is 4.85. The van der Waals surface area contributed by atoms with Crippen molar-refractivity contribution in [2.45, 2.75) is 31.7 Å². The predicted molar refractivity (Wildman–Crippen MR) is 104 cm³/mol. The van der Waals surface area contributed by atoms with Crippen molar-refractivity contribution < 1.29 is 5.11 Å². The molecule has 4 heteroatoms. The average molecular weight is 350 g/mol. The van der Waals surface area contributed by atoms with Gasteiger partial charge >= 0.3 is 0 Å². The van der Waals surface area contributed by atoms with Gasteiger partial charge in [-0.3, -0.25) is 9.69 Å². The average Bonchev–Trinajstić information content (AvgIpc) is 2.66. The molecule has 1 aromatic carbocycles. The zero-order valence-electron chi connectivity index (χ0n) is 15.3. The number of benzene rings is 1. The van der Waals surface area contributed by atoms with Crippen LogP contribution in [-0.2, 0) is 13.6 Å². The Balaban J connectivity index is 1.53. The molecule has 0 saturated carbocycles. The zero-order chi connectivity index (χ0) is 18.4. The Morgan fingerprint density at radius 2 is 1.88 bits per heavy atom. The Morgan fingerprint density at radius 1 is 1.15 bits per heavy atom. The van der Waals surface area contributed by atoms with Crippen molar-refractivity contribution in [3.05, 3.63) is 69.6 Å². The topological polar surface area (TPSA) is 45.5 Å². The molecule has 0 radical (unpaired) electrons. The fraction of sp³-hybridized carbons (Fsp3) is 0.409. The molecule has 0 unspecified atom stereocenters. The molecule has 2 aromatic rings. The van der Waals surface area contributed by atoms with Gasteiger partial charge in [-0.25, -0.2) is 0 Å². The van der Waals surface area contributed by atoms with Crippen LogP contribution in [0.2, 0.25) is 0 Å². The summed E-state index contributed by atoms with van der Waals surface area (Å²) in [5, 5.41) is 8.76. The van der Waals surface area contributed by atoms with Crippen LogP contribution in [0.15, 0.2) is 47.4 Å². The van der Waals surface area contributed by atoms with E-state index in [2.05, 4.69) is 34.9 Å². The fourth-order valence-electron chi connectivity index (χ4n) is 3.41. The van der Waals surface area contributed by atoms with E-state index in [1.54, 1.807) is 17.7 Å². The number of rotatable bonds is 4. The lowest BCUT2D eigenvalue weighted by molar-refractivity contribution is 0.204. The van der Waals surface area contributed by atoms with Gasteiger partial charge < -0.3 is 9.67 Å². The summed E-state index contributed by atoms with van der Waals surface area (Å²) in [6.45, 7) is 3.17. The highest BCUT2D eigenvalue weighted by Crippen LogP contribution is 2.27. The van der Waals surface area contributed by atoms with Gasteiger partial charge in [0, 0.05) is 37.8 Å². The van der Waals surface area contributed by atoms with E-state index in [0.717, 1.165) is 38.0 Å². The second-order valence-corrected chi connectivity index (χ2v) is 6.93. The molecule has 1 aliphatic rings. The first kappa shape index (κ1) is 18.4. The molecule has 136 valence electrons. The molecule has 1 fully saturated rings. The molecule has 1 aromatic heterocycles. The molecule has 1 saturated heterocycles. The third-order valence-corrected chi connectivity index (χ3v) is 5.02. The van der Waals surface area contributed by atoms with Crippen molar-refractivity contribution in [2.75, 3.05) is 19.7 Å². The van der Waals surface area contributed by atoms with Crippen LogP contribution in [0.1, 0.15) is 41.9 Å². The number of aryl methyl sites for hydroxylation is 1. The van der Waals surface area contributed by atoms with E-state index < -0.39 is 0 Å². The summed E-state index contributed by atoms with van der Waals surface area (Å²) in [4.78, 5) is 14.3. The highest BCUT2D eigenvalue weighted by Gasteiger charge is 2.21. The maximum absolute atomic E-state index is 11.8. The maximum atomic E-state index is 11.8. The number of piperidine rings is 1. The van der Waals surface area contributed by atoms with Crippen LogP contribution in [-0.4, -0.2) is 34.3 Å². The van der Waals surface area contributed by atoms with Gasteiger partial charge in [0.25, 0.3) is 5.56 Å². The van der Waals surface area contributed by atoms with Crippen LogP contribution in [0.3, 0.4) is 0 Å². The summed E-state index contributed by atoms with van der Waals surface area (Å²) in [6, 6.07) is 12.2. The summed E-state index contributed by atoms with van der Waals surface area (Å²) in [5.74, 6) is 6.49. The number of nitrogens with zero attached hydrogens (tertiary/aromatic N) is 2. The Bertz CT molecular complexity index is 835. The van der Waals surface area contributed by atoms with Crippen LogP contribution >= 0.6 is 0 Å². The first-order chi connectivity index (χ1) is 12.7. The third-order valence-electron chi connectivity index (χ3n) is 5.02. The van der Waals surface area contributed by atoms with Crippen molar-refractivity contribution in [3.8, 4) is 11.8 Å². The van der Waals surface area contributed by atoms with Crippen molar-refractivity contribution in [1.82, 2.24) is 9.47 Å². The number of aromatic nitrogens is 1. The van der Waals surface area contributed by atoms with Gasteiger partial charge in [0.2, 0.25) is 0 Å². The first-order valence-electron chi connectivity index (χ1n) is 9.23. The van der Waals surface area contributed by atoms with Crippen LogP contribution in [0.25, 0.3) is 0 Å². The molecule has 0 spiro atoms. The number of likely N-dealkylation sites (tertiary alicyclic amines) is 1. The molecule has 1 aliphatic heterocycles. The van der Waals surface area contributed by atoms with Gasteiger partial charge in [-0.15, -0.1) is 0 Å². The highest BCUT2D eigenvalue weighted by atomic mass is 16.2. The lowest BCUT2D eigenvalue weighted by Gasteiger charge is -2.32. The molecule has 0 atom stereocenters. The molecule has 0 amide bonds. The minimum atomic E-state index is 0.0760. The summed E-state index contributed by atoms with van der Waals surface area (Å²) in [7, 11) is 1.79. The Hall–Kier alpha value is -2.35. The number of pyridine rings is 1. The normalized spacial score (nSPS) is 15.5. The monoisotopic (exact) mass is 350 g/mol. The van der Waals surface area contributed by atoms with Crippen molar-refractivity contribution >= 4 is 0 Å². The minimum Gasteiger partial charge on any atom is -0.395 e. The summed E-state index contributed by atoms with van der Waals surface area (Å²) < 4.78 is 1.62. The highest BCUT2D eigenvalue weighted by molar-refractivity contribution is 5.36. The Labute approximate surface area is 155 Å². The van der Waals surface area contributed by atoms with Gasteiger partial charge in [0.1, 0.15) is 0 Å². The lowest BCUT2D eigenvalue weighted by atomic mass is 9.90. The van der Waals surface area contributed by atoms with Gasteiger partial charge in [-0.2, -0.15) is 0 Å². The van der Waals surface area contributed by atoms with E-state index in [1.165, 1.54) is 11.1 Å². The molecule has 26 heavy (non-hydrogen) atoms. The van der Waals surface area contributed by atoms with E-state index in [1.807, 2.05) is 18.3 Å². The van der Waals surface area contributed by atoms with Gasteiger partial charge in [-0.1, -0.05) is 24.0 Å². The first-order valence-corrected chi connectivity index (χ1v) is 9.23. The zero-order valence-corrected chi connectivity index (χ0v) is 15.3. The Kier molecular flexibility index (Phi) is 6.27. The number of aliphatic hydroxyl groups is 1. The van der Waals surface area contributed by atoms with E-state index in [-0.39, 0.29) is 12.2 Å². The van der Waals surface area contributed by atoms with Crippen LogP contribution in [0.4, 0.5) is 0 Å². The summed E-state index contributed by atoms with van der Waals surface area (Å²) >= 11 is 0. The lowest BCUT2D eigenvalue weighted by Crippen LogP contribution is -2.32. The van der Waals surface area contributed by atoms with Crippen molar-refractivity contribution in [3.63, 3.8) is 0 Å². The van der Waals surface area contributed by atoms with Crippen molar-refractivity contribution in [2.24, 2.45) is 7.05 Å². The van der Waals surface area contributed by atoms with Gasteiger partial charge in [-0.05, 0) is 61.2 Å². The van der Waals surface area contributed by atoms with Gasteiger partial charge in [0.15, 0.2) is 0 Å². The second kappa shape index (κ2) is 8.84. The van der Waals surface area contributed by atoms with E-state index in [9.17, 15) is 4.79 Å². The molecule has 2 heterocycles. The smallest absolute Gasteiger partial charge is 0.250 e. The Morgan fingerprint density at radius 3 is 2.54 bits per heavy atom. The van der Waals surface area contributed by atoms with E-state index in [4.69, 9.17) is 5.11 Å². The minimum absolute atomic E-state index is 0.0760. The van der Waals surface area contributed by atoms with E-state index in [0.29, 0.717) is 12.3 Å². The quantitative estimate of drug-likeness (QED) is 0.862. The second-order valence-electron chi connectivity index (χ2n) is 6.93. The molecule has 0 bridgehead atoms. The number of aliphatic hydroxyl groups excluding tert-OH is 1. The maximum Gasteiger partial charge on any atom is 0.250 e. The summed E-state index contributed by atoms with van der Waals surface area (Å²) in [5.41, 5.74) is 3.54. The van der Waals surface area contributed by atoms with Crippen LogP contribution in [0.5, 0.6) is 0 Å². The molecule has 1 N–H and O–H groups in total. The fourth-order valence-corrected chi connectivity index (χ4v) is 3.41. The van der Waals surface area contributed by atoms with Gasteiger partial charge in [0.05, 0.1) is 6.61 Å². The summed E-state index contributed by atoms with van der Waals surface area (Å²) in [6.07, 6.45) is 4.58. The molecule has 0 aliphatic carbocycles. The number of hydrogen-bond donors (Lipinski definition) is 1. The van der Waals surface area contributed by atoms with E-state index >= 15 is 0 Å².